The molecule has 198 valence electrons. The first-order valence-electron chi connectivity index (χ1n) is 11.7. The van der Waals surface area contributed by atoms with E-state index in [0.717, 1.165) is 16.5 Å². The number of aliphatic carboxylic acids is 1. The lowest BCUT2D eigenvalue weighted by Crippen LogP contribution is -2.60. The average Bonchev–Trinajstić information content (AvgIpc) is 3.26. The lowest BCUT2D eigenvalue weighted by atomic mass is 9.98. The Labute approximate surface area is 215 Å². The molecule has 0 radical (unpaired) electrons. The maximum absolute atomic E-state index is 13.3. The molecule has 0 bridgehead atoms. The summed E-state index contributed by atoms with van der Waals surface area (Å²) in [6, 6.07) is 2.70. The maximum Gasteiger partial charge on any atom is 0.327 e. The monoisotopic (exact) mass is 521 g/mol. The summed E-state index contributed by atoms with van der Waals surface area (Å²) in [4.78, 5) is 53.2. The van der Waals surface area contributed by atoms with Crippen molar-refractivity contribution < 1.29 is 29.4 Å². The van der Waals surface area contributed by atoms with Gasteiger partial charge in [-0.05, 0) is 24.5 Å². The van der Waals surface area contributed by atoms with Crippen LogP contribution in [-0.2, 0) is 25.6 Å². The molecule has 0 saturated carbocycles. The number of H-pyrrole nitrogens is 1. The van der Waals surface area contributed by atoms with Crippen LogP contribution in [0.15, 0.2) is 30.5 Å². The van der Waals surface area contributed by atoms with Crippen molar-refractivity contribution in [1.82, 2.24) is 20.9 Å². The summed E-state index contributed by atoms with van der Waals surface area (Å²) in [6.07, 6.45) is 1.12. The van der Waals surface area contributed by atoms with Gasteiger partial charge in [0.1, 0.15) is 18.1 Å². The van der Waals surface area contributed by atoms with Crippen LogP contribution in [-0.4, -0.2) is 74.9 Å². The first-order chi connectivity index (χ1) is 17.0. The van der Waals surface area contributed by atoms with Gasteiger partial charge in [-0.1, -0.05) is 38.5 Å². The first-order valence-corrected chi connectivity index (χ1v) is 12.4. The van der Waals surface area contributed by atoms with E-state index in [-0.39, 0.29) is 18.1 Å². The van der Waals surface area contributed by atoms with Crippen LogP contribution in [0.2, 0.25) is 0 Å². The summed E-state index contributed by atoms with van der Waals surface area (Å²) >= 11 is 3.90. The van der Waals surface area contributed by atoms with E-state index >= 15 is 0 Å². The van der Waals surface area contributed by atoms with Gasteiger partial charge in [-0.25, -0.2) is 4.79 Å². The van der Waals surface area contributed by atoms with Crippen LogP contribution in [0, 0.1) is 5.92 Å². The zero-order chi connectivity index (χ0) is 27.0. The maximum atomic E-state index is 13.3. The van der Waals surface area contributed by atoms with Crippen molar-refractivity contribution in [2.45, 2.75) is 63.9 Å². The molecule has 6 unspecified atom stereocenters. The van der Waals surface area contributed by atoms with Gasteiger partial charge in [0.25, 0.3) is 0 Å². The highest BCUT2D eigenvalue weighted by Crippen LogP contribution is 2.19. The number of carbonyl (C=O) groups excluding carboxylic acids is 3. The van der Waals surface area contributed by atoms with Gasteiger partial charge in [0.15, 0.2) is 0 Å². The number of thiol groups is 1. The number of carboxylic acid groups (broad SMARTS) is 1. The zero-order valence-electron chi connectivity index (χ0n) is 20.5. The molecule has 11 nitrogen and oxygen atoms in total. The van der Waals surface area contributed by atoms with E-state index in [0.29, 0.717) is 6.42 Å². The molecule has 8 N–H and O–H groups in total. The molecule has 0 spiro atoms. The molecule has 36 heavy (non-hydrogen) atoms. The first kappa shape index (κ1) is 29.1. The van der Waals surface area contributed by atoms with Crippen LogP contribution in [0.5, 0.6) is 0 Å². The normalized spacial score (nSPS) is 16.3. The van der Waals surface area contributed by atoms with Crippen LogP contribution in [0.4, 0.5) is 0 Å². The summed E-state index contributed by atoms with van der Waals surface area (Å²) in [5.41, 5.74) is 7.66. The van der Waals surface area contributed by atoms with Gasteiger partial charge >= 0.3 is 5.97 Å². The Morgan fingerprint density at radius 2 is 1.67 bits per heavy atom. The molecular weight excluding hydrogens is 486 g/mol. The molecule has 3 amide bonds. The number of nitrogens with two attached hydrogens (primary N) is 1. The summed E-state index contributed by atoms with van der Waals surface area (Å²) in [6.45, 7) is 5.01. The Kier molecular flexibility index (Phi) is 10.8. The minimum atomic E-state index is -1.47. The number of aromatic nitrogens is 1. The molecular formula is C24H35N5O6S. The van der Waals surface area contributed by atoms with Crippen LogP contribution in [0.1, 0.15) is 32.8 Å². The SMILES string of the molecule is CCC(C)C(N)C(=O)NC(Cc1c[nH]c2ccccc12)C(=O)NC(C(=O)NC(CS)C(=O)O)C(C)O. The standard InChI is InChI=1S/C24H35N5O6S/c1-4-12(2)19(25)22(32)27-17(9-14-10-26-16-8-6-5-7-15(14)16)21(31)29-20(13(3)30)23(33)28-18(11-36)24(34)35/h5-8,10,12-13,17-20,26,30,36H,4,9,11,25H2,1-3H3,(H,27,32)(H,28,33)(H,29,31)(H,34,35). The Hall–Kier alpha value is -3.09. The smallest absolute Gasteiger partial charge is 0.327 e. The molecule has 2 aromatic rings. The Morgan fingerprint density at radius 1 is 1.03 bits per heavy atom. The van der Waals surface area contributed by atoms with E-state index in [2.05, 4.69) is 33.6 Å². The molecule has 1 heterocycles. The average molecular weight is 522 g/mol. The number of carboxylic acids is 1. The molecule has 12 heteroatoms. The third-order valence-electron chi connectivity index (χ3n) is 6.15. The fourth-order valence-electron chi connectivity index (χ4n) is 3.62. The van der Waals surface area contributed by atoms with Crippen LogP contribution >= 0.6 is 12.6 Å². The summed E-state index contributed by atoms with van der Waals surface area (Å²) in [5.74, 6) is -3.78. The minimum Gasteiger partial charge on any atom is -0.480 e. The molecule has 1 aromatic carbocycles. The van der Waals surface area contributed by atoms with Crippen molar-refractivity contribution in [3.63, 3.8) is 0 Å². The molecule has 0 aliphatic heterocycles. The quantitative estimate of drug-likeness (QED) is 0.169. The van der Waals surface area contributed by atoms with E-state index in [9.17, 15) is 29.4 Å². The van der Waals surface area contributed by atoms with Gasteiger partial charge in [0.2, 0.25) is 17.7 Å². The number of hydrogen-bond donors (Lipinski definition) is 8. The lowest BCUT2D eigenvalue weighted by Gasteiger charge is -2.27. The number of benzene rings is 1. The van der Waals surface area contributed by atoms with Crippen molar-refractivity contribution in [2.24, 2.45) is 11.7 Å². The van der Waals surface area contributed by atoms with Gasteiger partial charge in [0.05, 0.1) is 12.1 Å². The Bertz CT molecular complexity index is 1070. The van der Waals surface area contributed by atoms with Gasteiger partial charge < -0.3 is 36.9 Å². The Morgan fingerprint density at radius 3 is 2.25 bits per heavy atom. The zero-order valence-corrected chi connectivity index (χ0v) is 21.4. The number of aliphatic hydroxyl groups is 1. The van der Waals surface area contributed by atoms with E-state index in [1.165, 1.54) is 6.92 Å². The molecule has 0 aliphatic carbocycles. The van der Waals surface area contributed by atoms with E-state index in [1.54, 1.807) is 6.20 Å². The van der Waals surface area contributed by atoms with Crippen LogP contribution in [0.25, 0.3) is 10.9 Å². The Balaban J connectivity index is 2.29. The number of fused-ring (bicyclic) bond motifs is 1. The summed E-state index contributed by atoms with van der Waals surface area (Å²) < 4.78 is 0. The third kappa shape index (κ3) is 7.45. The third-order valence-corrected chi connectivity index (χ3v) is 6.52. The number of hydrogen-bond acceptors (Lipinski definition) is 7. The van der Waals surface area contributed by atoms with Gasteiger partial charge in [-0.15, -0.1) is 0 Å². The van der Waals surface area contributed by atoms with E-state index in [4.69, 9.17) is 5.73 Å². The van der Waals surface area contributed by atoms with Gasteiger partial charge in [-0.2, -0.15) is 12.6 Å². The predicted molar refractivity (Wildman–Crippen MR) is 138 cm³/mol. The molecule has 0 aliphatic rings. The second-order valence-electron chi connectivity index (χ2n) is 8.84. The summed E-state index contributed by atoms with van der Waals surface area (Å²) in [5, 5.41) is 27.6. The van der Waals surface area contributed by atoms with E-state index < -0.39 is 54.0 Å². The van der Waals surface area contributed by atoms with Crippen molar-refractivity contribution in [2.75, 3.05) is 5.75 Å². The fraction of sp³-hybridized carbons (Fsp3) is 0.500. The predicted octanol–water partition coefficient (Wildman–Crippen LogP) is -0.0666. The fourth-order valence-corrected chi connectivity index (χ4v) is 3.86. The topological polar surface area (TPSA) is 187 Å². The highest BCUT2D eigenvalue weighted by Gasteiger charge is 2.33. The van der Waals surface area contributed by atoms with Crippen molar-refractivity contribution in [3.8, 4) is 0 Å². The number of nitrogens with one attached hydrogen (secondary N) is 4. The number of rotatable bonds is 13. The summed E-state index contributed by atoms with van der Waals surface area (Å²) in [7, 11) is 0. The second kappa shape index (κ2) is 13.3. The van der Waals surface area contributed by atoms with Crippen LogP contribution < -0.4 is 21.7 Å². The lowest BCUT2D eigenvalue weighted by molar-refractivity contribution is -0.142. The number of aliphatic hydroxyl groups excluding tert-OH is 1. The van der Waals surface area contributed by atoms with Crippen LogP contribution in [0.3, 0.4) is 0 Å². The number of aromatic amines is 1. The van der Waals surface area contributed by atoms with Crippen molar-refractivity contribution >= 4 is 47.2 Å². The number of carbonyl (C=O) groups is 4. The number of para-hydroxylation sites is 1. The molecule has 0 saturated heterocycles. The van der Waals surface area contributed by atoms with Crippen molar-refractivity contribution in [3.05, 3.63) is 36.0 Å². The minimum absolute atomic E-state index is 0.0807. The highest BCUT2D eigenvalue weighted by atomic mass is 32.1. The van der Waals surface area contributed by atoms with Gasteiger partial charge in [0, 0.05) is 29.3 Å². The van der Waals surface area contributed by atoms with Crippen molar-refractivity contribution in [1.29, 1.82) is 0 Å². The molecule has 0 fully saturated rings. The molecule has 2 rings (SSSR count). The molecule has 1 aromatic heterocycles. The van der Waals surface area contributed by atoms with Gasteiger partial charge in [-0.3, -0.25) is 14.4 Å². The largest absolute Gasteiger partial charge is 0.480 e. The second-order valence-corrected chi connectivity index (χ2v) is 9.21. The van der Waals surface area contributed by atoms with E-state index in [1.807, 2.05) is 38.1 Å². The molecule has 6 atom stereocenters. The number of amides is 3. The highest BCUT2D eigenvalue weighted by molar-refractivity contribution is 7.80.